The number of carbonyl (C=O) groups is 1. The molecule has 1 amide bonds. The van der Waals surface area contributed by atoms with E-state index in [0.29, 0.717) is 9.23 Å². The van der Waals surface area contributed by atoms with Crippen molar-refractivity contribution in [3.63, 3.8) is 0 Å². The molecule has 4 rings (SSSR count). The van der Waals surface area contributed by atoms with Crippen molar-refractivity contribution in [2.24, 2.45) is 0 Å². The van der Waals surface area contributed by atoms with Crippen LogP contribution in [0.15, 0.2) is 70.0 Å². The van der Waals surface area contributed by atoms with Crippen LogP contribution in [-0.4, -0.2) is 14.8 Å². The summed E-state index contributed by atoms with van der Waals surface area (Å²) in [5, 5.41) is 0. The van der Waals surface area contributed by atoms with Gasteiger partial charge >= 0.3 is 0 Å². The number of nitrogens with zero attached hydrogens (tertiary/aromatic N) is 2. The Morgan fingerprint density at radius 3 is 2.11 bits per heavy atom. The fourth-order valence-electron chi connectivity index (χ4n) is 3.35. The Morgan fingerprint density at radius 2 is 1.50 bits per heavy atom. The maximum absolute atomic E-state index is 13.0. The lowest BCUT2D eigenvalue weighted by molar-refractivity contribution is -0.113. The minimum Gasteiger partial charge on any atom is -0.317 e. The molecular formula is C22H17BrN2OS2. The molecule has 0 radical (unpaired) electrons. The summed E-state index contributed by atoms with van der Waals surface area (Å²) in [6.45, 7) is 4.13. The summed E-state index contributed by atoms with van der Waals surface area (Å²) in [6.07, 6.45) is 1.94. The fourth-order valence-corrected chi connectivity index (χ4v) is 5.21. The molecule has 2 aromatic carbocycles. The first-order valence-corrected chi connectivity index (χ1v) is 10.8. The summed E-state index contributed by atoms with van der Waals surface area (Å²) in [5.74, 6) is -0.0855. The predicted octanol–water partition coefficient (Wildman–Crippen LogP) is 6.26. The molecule has 6 heteroatoms. The van der Waals surface area contributed by atoms with Gasteiger partial charge in [0.1, 0.15) is 0 Å². The van der Waals surface area contributed by atoms with Gasteiger partial charge in [-0.2, -0.15) is 0 Å². The summed E-state index contributed by atoms with van der Waals surface area (Å²) < 4.78 is 3.72. The first-order valence-electron chi connectivity index (χ1n) is 8.75. The highest BCUT2D eigenvalue weighted by atomic mass is 79.9. The molecule has 28 heavy (non-hydrogen) atoms. The molecule has 3 aromatic rings. The number of carbonyl (C=O) groups excluding carboxylic acids is 1. The number of halogens is 1. The van der Waals surface area contributed by atoms with Crippen molar-refractivity contribution in [1.29, 1.82) is 0 Å². The van der Waals surface area contributed by atoms with E-state index in [0.717, 1.165) is 32.8 Å². The van der Waals surface area contributed by atoms with E-state index < -0.39 is 0 Å². The molecule has 140 valence electrons. The highest BCUT2D eigenvalue weighted by molar-refractivity contribution is 9.10. The Balaban J connectivity index is 1.76. The van der Waals surface area contributed by atoms with Crippen LogP contribution >= 0.6 is 39.9 Å². The van der Waals surface area contributed by atoms with Gasteiger partial charge in [0.25, 0.3) is 5.91 Å². The van der Waals surface area contributed by atoms with E-state index in [1.54, 1.807) is 4.90 Å². The monoisotopic (exact) mass is 468 g/mol. The Morgan fingerprint density at radius 1 is 0.929 bits per heavy atom. The van der Waals surface area contributed by atoms with Gasteiger partial charge in [-0.1, -0.05) is 60.4 Å². The van der Waals surface area contributed by atoms with Crippen LogP contribution in [0.4, 0.5) is 5.69 Å². The number of hydrogen-bond acceptors (Lipinski definition) is 3. The van der Waals surface area contributed by atoms with Crippen LogP contribution in [-0.2, 0) is 4.79 Å². The first-order chi connectivity index (χ1) is 13.5. The van der Waals surface area contributed by atoms with Crippen LogP contribution in [0.25, 0.3) is 11.8 Å². The number of rotatable bonds is 3. The maximum Gasteiger partial charge on any atom is 0.270 e. The van der Waals surface area contributed by atoms with Crippen molar-refractivity contribution in [2.45, 2.75) is 13.8 Å². The zero-order valence-corrected chi connectivity index (χ0v) is 18.6. The zero-order valence-electron chi connectivity index (χ0n) is 15.3. The van der Waals surface area contributed by atoms with Crippen LogP contribution in [0.3, 0.4) is 0 Å². The average molecular weight is 469 g/mol. The highest BCUT2D eigenvalue weighted by Gasteiger charge is 2.33. The van der Waals surface area contributed by atoms with E-state index in [-0.39, 0.29) is 5.91 Å². The summed E-state index contributed by atoms with van der Waals surface area (Å²) >= 11 is 10.5. The number of anilines is 1. The van der Waals surface area contributed by atoms with E-state index in [2.05, 4.69) is 46.5 Å². The van der Waals surface area contributed by atoms with Crippen LogP contribution < -0.4 is 4.90 Å². The molecule has 1 fully saturated rings. The van der Waals surface area contributed by atoms with Gasteiger partial charge in [-0.15, -0.1) is 0 Å². The second-order valence-electron chi connectivity index (χ2n) is 6.42. The Bertz CT molecular complexity index is 1100. The lowest BCUT2D eigenvalue weighted by atomic mass is 10.2. The molecule has 0 atom stereocenters. The lowest BCUT2D eigenvalue weighted by Gasteiger charge is -2.13. The molecule has 0 spiro atoms. The number of thiocarbonyl (C=S) groups is 1. The molecule has 2 heterocycles. The van der Waals surface area contributed by atoms with Crippen LogP contribution in [0.2, 0.25) is 0 Å². The number of thioether (sulfide) groups is 1. The third kappa shape index (κ3) is 3.26. The molecule has 1 saturated heterocycles. The van der Waals surface area contributed by atoms with Crippen molar-refractivity contribution >= 4 is 61.9 Å². The van der Waals surface area contributed by atoms with Crippen molar-refractivity contribution in [3.8, 4) is 5.69 Å². The van der Waals surface area contributed by atoms with E-state index in [1.807, 2.05) is 54.6 Å². The minimum atomic E-state index is -0.0855. The smallest absolute Gasteiger partial charge is 0.270 e. The van der Waals surface area contributed by atoms with Crippen molar-refractivity contribution < 1.29 is 4.79 Å². The topological polar surface area (TPSA) is 25.2 Å². The van der Waals surface area contributed by atoms with E-state index >= 15 is 0 Å². The molecule has 0 aliphatic carbocycles. The Labute approximate surface area is 182 Å². The molecule has 0 bridgehead atoms. The third-order valence-corrected chi connectivity index (χ3v) is 7.02. The summed E-state index contributed by atoms with van der Waals surface area (Å²) in [7, 11) is 0. The van der Waals surface area contributed by atoms with Crippen molar-refractivity contribution in [1.82, 2.24) is 4.57 Å². The van der Waals surface area contributed by atoms with E-state index in [4.69, 9.17) is 12.2 Å². The molecule has 0 unspecified atom stereocenters. The second-order valence-corrected chi connectivity index (χ2v) is 8.89. The van der Waals surface area contributed by atoms with Crippen molar-refractivity contribution in [3.05, 3.63) is 87.0 Å². The third-order valence-electron chi connectivity index (χ3n) is 4.71. The van der Waals surface area contributed by atoms with Gasteiger partial charge in [-0.05, 0) is 60.1 Å². The van der Waals surface area contributed by atoms with Gasteiger partial charge in [0.15, 0.2) is 4.32 Å². The Hall–Kier alpha value is -2.15. The fraction of sp³-hybridized carbons (Fsp3) is 0.0909. The predicted molar refractivity (Wildman–Crippen MR) is 125 cm³/mol. The van der Waals surface area contributed by atoms with E-state index in [1.165, 1.54) is 11.8 Å². The molecule has 1 aromatic heterocycles. The van der Waals surface area contributed by atoms with Gasteiger partial charge in [0, 0.05) is 27.1 Å². The normalized spacial score (nSPS) is 15.7. The van der Waals surface area contributed by atoms with Crippen LogP contribution in [0.1, 0.15) is 17.0 Å². The summed E-state index contributed by atoms with van der Waals surface area (Å²) in [6, 6.07) is 19.7. The van der Waals surface area contributed by atoms with Crippen LogP contribution in [0.5, 0.6) is 0 Å². The molecular weight excluding hydrogens is 452 g/mol. The molecule has 1 aliphatic heterocycles. The largest absolute Gasteiger partial charge is 0.317 e. The number of amides is 1. The zero-order chi connectivity index (χ0) is 19.8. The quantitative estimate of drug-likeness (QED) is 0.334. The number of hydrogen-bond donors (Lipinski definition) is 0. The Kier molecular flexibility index (Phi) is 5.27. The molecule has 0 saturated carbocycles. The van der Waals surface area contributed by atoms with Crippen molar-refractivity contribution in [2.75, 3.05) is 4.90 Å². The van der Waals surface area contributed by atoms with E-state index in [9.17, 15) is 4.79 Å². The second kappa shape index (κ2) is 7.70. The number of benzene rings is 2. The lowest BCUT2D eigenvalue weighted by Crippen LogP contribution is -2.27. The SMILES string of the molecule is Cc1c(Br)c(/C=C2/SC(=S)N(c3ccccc3)C2=O)c(C)n1-c1ccccc1. The van der Waals surface area contributed by atoms with Crippen LogP contribution in [0, 0.1) is 13.8 Å². The highest BCUT2D eigenvalue weighted by Crippen LogP contribution is 2.39. The van der Waals surface area contributed by atoms with Gasteiger partial charge in [-0.3, -0.25) is 9.69 Å². The number of para-hydroxylation sites is 2. The standard InChI is InChI=1S/C22H17BrN2OS2/c1-14-18(20(23)15(2)24(14)16-9-5-3-6-10-16)13-19-21(26)25(22(27)28-19)17-11-7-4-8-12-17/h3-13H,1-2H3/b19-13+. The minimum absolute atomic E-state index is 0.0855. The molecule has 0 N–H and O–H groups in total. The molecule has 1 aliphatic rings. The summed E-state index contributed by atoms with van der Waals surface area (Å²) in [4.78, 5) is 15.3. The van der Waals surface area contributed by atoms with Gasteiger partial charge < -0.3 is 4.57 Å². The maximum atomic E-state index is 13.0. The number of aromatic nitrogens is 1. The summed E-state index contributed by atoms with van der Waals surface area (Å²) in [5.41, 5.74) is 5.04. The average Bonchev–Trinajstić information content (AvgIpc) is 3.10. The van der Waals surface area contributed by atoms with Gasteiger partial charge in [0.05, 0.1) is 10.6 Å². The molecule has 3 nitrogen and oxygen atoms in total. The first kappa shape index (κ1) is 19.2. The van der Waals surface area contributed by atoms with Gasteiger partial charge in [0.2, 0.25) is 0 Å². The van der Waals surface area contributed by atoms with Gasteiger partial charge in [-0.25, -0.2) is 0 Å².